The number of amides is 1. The largest absolute Gasteiger partial charge is 0.486 e. The van der Waals surface area contributed by atoms with Crippen molar-refractivity contribution in [2.45, 2.75) is 51.0 Å². The first kappa shape index (κ1) is 17.1. The zero-order valence-corrected chi connectivity index (χ0v) is 14.3. The van der Waals surface area contributed by atoms with Crippen molar-refractivity contribution in [2.24, 2.45) is 5.73 Å². The second-order valence-corrected chi connectivity index (χ2v) is 6.60. The maximum Gasteiger partial charge on any atom is 0.223 e. The van der Waals surface area contributed by atoms with Gasteiger partial charge in [-0.1, -0.05) is 18.9 Å². The summed E-state index contributed by atoms with van der Waals surface area (Å²) in [5.41, 5.74) is 6.67. The molecule has 1 unspecified atom stereocenters. The molecular formula is C19H28N2O3. The Bertz CT molecular complexity index is 562. The van der Waals surface area contributed by atoms with Crippen LogP contribution in [0.1, 0.15) is 56.6 Å². The Morgan fingerprint density at radius 1 is 1.12 bits per heavy atom. The van der Waals surface area contributed by atoms with Crippen LogP contribution in [0.25, 0.3) is 0 Å². The third-order valence-electron chi connectivity index (χ3n) is 4.87. The predicted octanol–water partition coefficient (Wildman–Crippen LogP) is 3.03. The van der Waals surface area contributed by atoms with E-state index < -0.39 is 0 Å². The summed E-state index contributed by atoms with van der Waals surface area (Å²) in [7, 11) is 0. The summed E-state index contributed by atoms with van der Waals surface area (Å²) in [6.07, 6.45) is 6.96. The van der Waals surface area contributed by atoms with Crippen LogP contribution in [-0.2, 0) is 4.79 Å². The van der Waals surface area contributed by atoms with Gasteiger partial charge >= 0.3 is 0 Å². The SMILES string of the molecule is NCCCCCCC(=O)N1CCCC1c1ccc2c(c1)OCCO2. The lowest BCUT2D eigenvalue weighted by atomic mass is 10.0. The van der Waals surface area contributed by atoms with Gasteiger partial charge in [-0.05, 0) is 49.9 Å². The molecule has 1 saturated heterocycles. The summed E-state index contributed by atoms with van der Waals surface area (Å²) in [5, 5.41) is 0. The van der Waals surface area contributed by atoms with E-state index >= 15 is 0 Å². The minimum atomic E-state index is 0.178. The maximum absolute atomic E-state index is 12.6. The van der Waals surface area contributed by atoms with Crippen LogP contribution in [0.5, 0.6) is 11.5 Å². The Balaban J connectivity index is 1.59. The molecule has 0 aromatic heterocycles. The fraction of sp³-hybridized carbons (Fsp3) is 0.632. The molecule has 24 heavy (non-hydrogen) atoms. The van der Waals surface area contributed by atoms with E-state index in [0.717, 1.165) is 68.7 Å². The van der Waals surface area contributed by atoms with Crippen molar-refractivity contribution < 1.29 is 14.3 Å². The van der Waals surface area contributed by atoms with E-state index in [1.54, 1.807) is 0 Å². The van der Waals surface area contributed by atoms with Crippen molar-refractivity contribution in [3.05, 3.63) is 23.8 Å². The third kappa shape index (κ3) is 4.01. The van der Waals surface area contributed by atoms with Gasteiger partial charge < -0.3 is 20.1 Å². The molecule has 2 N–H and O–H groups in total. The Morgan fingerprint density at radius 3 is 2.75 bits per heavy atom. The van der Waals surface area contributed by atoms with E-state index in [-0.39, 0.29) is 11.9 Å². The quantitative estimate of drug-likeness (QED) is 0.780. The van der Waals surface area contributed by atoms with Crippen molar-refractivity contribution >= 4 is 5.91 Å². The summed E-state index contributed by atoms with van der Waals surface area (Å²) in [5.74, 6) is 1.89. The van der Waals surface area contributed by atoms with Gasteiger partial charge in [0.1, 0.15) is 13.2 Å². The lowest BCUT2D eigenvalue weighted by molar-refractivity contribution is -0.132. The van der Waals surface area contributed by atoms with Crippen molar-refractivity contribution in [1.82, 2.24) is 4.90 Å². The highest BCUT2D eigenvalue weighted by atomic mass is 16.6. The van der Waals surface area contributed by atoms with Gasteiger partial charge in [-0.3, -0.25) is 4.79 Å². The monoisotopic (exact) mass is 332 g/mol. The standard InChI is InChI=1S/C19H28N2O3/c20-10-4-2-1-3-7-19(22)21-11-5-6-16(21)15-8-9-17-18(14-15)24-13-12-23-17/h8-9,14,16H,1-7,10-13,20H2. The summed E-state index contributed by atoms with van der Waals surface area (Å²) in [6, 6.07) is 6.27. The first-order valence-corrected chi connectivity index (χ1v) is 9.18. The number of hydrogen-bond acceptors (Lipinski definition) is 4. The first-order chi connectivity index (χ1) is 11.8. The summed E-state index contributed by atoms with van der Waals surface area (Å²) in [6.45, 7) is 2.80. The number of unbranched alkanes of at least 4 members (excludes halogenated alkanes) is 3. The number of nitrogens with two attached hydrogens (primary N) is 1. The molecule has 5 nitrogen and oxygen atoms in total. The van der Waals surface area contributed by atoms with Gasteiger partial charge in [0.05, 0.1) is 6.04 Å². The molecule has 1 fully saturated rings. The van der Waals surface area contributed by atoms with Crippen molar-refractivity contribution in [2.75, 3.05) is 26.3 Å². The number of benzene rings is 1. The average molecular weight is 332 g/mol. The van der Waals surface area contributed by atoms with Crippen molar-refractivity contribution in [3.8, 4) is 11.5 Å². The van der Waals surface area contributed by atoms with Crippen LogP contribution in [0, 0.1) is 0 Å². The van der Waals surface area contributed by atoms with Crippen LogP contribution in [-0.4, -0.2) is 37.1 Å². The van der Waals surface area contributed by atoms with Gasteiger partial charge in [0.2, 0.25) is 5.91 Å². The zero-order valence-electron chi connectivity index (χ0n) is 14.3. The molecule has 0 spiro atoms. The van der Waals surface area contributed by atoms with Crippen LogP contribution in [0.3, 0.4) is 0 Å². The number of hydrogen-bond donors (Lipinski definition) is 1. The van der Waals surface area contributed by atoms with Gasteiger partial charge in [0.15, 0.2) is 11.5 Å². The zero-order chi connectivity index (χ0) is 16.8. The van der Waals surface area contributed by atoms with Gasteiger partial charge in [-0.2, -0.15) is 0 Å². The van der Waals surface area contributed by atoms with E-state index in [1.165, 1.54) is 0 Å². The molecule has 1 aromatic rings. The second-order valence-electron chi connectivity index (χ2n) is 6.60. The Morgan fingerprint density at radius 2 is 1.92 bits per heavy atom. The van der Waals surface area contributed by atoms with Gasteiger partial charge in [0, 0.05) is 13.0 Å². The van der Waals surface area contributed by atoms with Crippen molar-refractivity contribution in [1.29, 1.82) is 0 Å². The molecule has 2 heterocycles. The van der Waals surface area contributed by atoms with Crippen LogP contribution < -0.4 is 15.2 Å². The van der Waals surface area contributed by atoms with Gasteiger partial charge in [-0.15, -0.1) is 0 Å². The third-order valence-corrected chi connectivity index (χ3v) is 4.87. The molecule has 1 aromatic carbocycles. The normalized spacial score (nSPS) is 19.5. The van der Waals surface area contributed by atoms with E-state index in [0.29, 0.717) is 19.6 Å². The van der Waals surface area contributed by atoms with Gasteiger partial charge in [-0.25, -0.2) is 0 Å². The summed E-state index contributed by atoms with van der Waals surface area (Å²) < 4.78 is 11.3. The molecule has 132 valence electrons. The van der Waals surface area contributed by atoms with Gasteiger partial charge in [0.25, 0.3) is 0 Å². The van der Waals surface area contributed by atoms with Crippen LogP contribution in [0.15, 0.2) is 18.2 Å². The summed E-state index contributed by atoms with van der Waals surface area (Å²) in [4.78, 5) is 14.6. The molecule has 0 radical (unpaired) electrons. The Hall–Kier alpha value is -1.75. The number of ether oxygens (including phenoxy) is 2. The molecule has 1 atom stereocenters. The number of rotatable bonds is 7. The van der Waals surface area contributed by atoms with E-state index in [1.807, 2.05) is 17.0 Å². The molecule has 5 heteroatoms. The highest BCUT2D eigenvalue weighted by molar-refractivity contribution is 5.77. The number of nitrogens with zero attached hydrogens (tertiary/aromatic N) is 1. The van der Waals surface area contributed by atoms with Crippen LogP contribution in [0.2, 0.25) is 0 Å². The topological polar surface area (TPSA) is 64.8 Å². The maximum atomic E-state index is 12.6. The van der Waals surface area contributed by atoms with Crippen LogP contribution in [0.4, 0.5) is 0 Å². The molecule has 1 amide bonds. The highest BCUT2D eigenvalue weighted by Crippen LogP contribution is 2.38. The molecule has 2 aliphatic rings. The number of carbonyl (C=O) groups excluding carboxylic acids is 1. The minimum absolute atomic E-state index is 0.178. The number of carbonyl (C=O) groups is 1. The Labute approximate surface area is 144 Å². The molecule has 0 bridgehead atoms. The van der Waals surface area contributed by atoms with E-state index in [2.05, 4.69) is 6.07 Å². The fourth-order valence-corrected chi connectivity index (χ4v) is 3.60. The first-order valence-electron chi connectivity index (χ1n) is 9.18. The Kier molecular flexibility index (Phi) is 5.96. The lowest BCUT2D eigenvalue weighted by Crippen LogP contribution is -2.30. The summed E-state index contributed by atoms with van der Waals surface area (Å²) >= 11 is 0. The molecular weight excluding hydrogens is 304 g/mol. The van der Waals surface area contributed by atoms with Crippen LogP contribution >= 0.6 is 0 Å². The predicted molar refractivity (Wildman–Crippen MR) is 93.3 cm³/mol. The van der Waals surface area contributed by atoms with E-state index in [4.69, 9.17) is 15.2 Å². The second kappa shape index (κ2) is 8.38. The smallest absolute Gasteiger partial charge is 0.223 e. The van der Waals surface area contributed by atoms with Crippen molar-refractivity contribution in [3.63, 3.8) is 0 Å². The van der Waals surface area contributed by atoms with E-state index in [9.17, 15) is 4.79 Å². The molecule has 0 saturated carbocycles. The molecule has 0 aliphatic carbocycles. The molecule has 3 rings (SSSR count). The minimum Gasteiger partial charge on any atom is -0.486 e. The number of likely N-dealkylation sites (tertiary alicyclic amines) is 1. The lowest BCUT2D eigenvalue weighted by Gasteiger charge is -2.27. The average Bonchev–Trinajstić information content (AvgIpc) is 3.11. The highest BCUT2D eigenvalue weighted by Gasteiger charge is 2.30. The number of fused-ring (bicyclic) bond motifs is 1. The molecule has 2 aliphatic heterocycles. The fourth-order valence-electron chi connectivity index (χ4n) is 3.60.